The fourth-order valence-electron chi connectivity index (χ4n) is 2.47. The van der Waals surface area contributed by atoms with Crippen molar-refractivity contribution < 1.29 is 0 Å². The van der Waals surface area contributed by atoms with E-state index in [2.05, 4.69) is 9.98 Å². The number of nitrogens with two attached hydrogens (primary N) is 1. The fraction of sp³-hybridized carbons (Fsp3) is 0.211. The van der Waals surface area contributed by atoms with Crippen LogP contribution >= 0.6 is 11.6 Å². The smallest absolute Gasteiger partial charge is 0.201 e. The van der Waals surface area contributed by atoms with Gasteiger partial charge in [0.25, 0.3) is 0 Å². The minimum absolute atomic E-state index is 0.318. The first kappa shape index (κ1) is 18.7. The maximum atomic E-state index is 8.65. The first-order valence-corrected chi connectivity index (χ1v) is 8.18. The van der Waals surface area contributed by atoms with Gasteiger partial charge in [-0.1, -0.05) is 35.9 Å². The molecule has 0 bridgehead atoms. The molecule has 5 nitrogen and oxygen atoms in total. The summed E-state index contributed by atoms with van der Waals surface area (Å²) in [6, 6.07) is 13.1. The average molecular weight is 356 g/mol. The molecule has 0 aliphatic rings. The number of nitrogens with zero attached hydrogens (tertiary/aromatic N) is 3. The molecule has 0 unspecified atom stereocenters. The van der Waals surface area contributed by atoms with Crippen molar-refractivity contribution in [3.8, 4) is 0 Å². The lowest BCUT2D eigenvalue weighted by Crippen LogP contribution is -2.41. The molecular weight excluding hydrogens is 334 g/mol. The summed E-state index contributed by atoms with van der Waals surface area (Å²) in [5, 5.41) is 9.29. The van der Waals surface area contributed by atoms with E-state index in [4.69, 9.17) is 22.7 Å². The molecule has 0 radical (unpaired) electrons. The van der Waals surface area contributed by atoms with Crippen LogP contribution in [-0.2, 0) is 0 Å². The Hall–Kier alpha value is -2.66. The third-order valence-corrected chi connectivity index (χ3v) is 4.15. The van der Waals surface area contributed by atoms with E-state index in [0.29, 0.717) is 22.5 Å². The van der Waals surface area contributed by atoms with E-state index in [-0.39, 0.29) is 0 Å². The van der Waals surface area contributed by atoms with E-state index in [1.165, 1.54) is 0 Å². The topological polar surface area (TPSA) is 77.8 Å². The van der Waals surface area contributed by atoms with Crippen LogP contribution in [0.3, 0.4) is 0 Å². The van der Waals surface area contributed by atoms with Crippen molar-refractivity contribution in [1.82, 2.24) is 0 Å². The number of nitrogens with one attached hydrogen (secondary N) is 1. The van der Waals surface area contributed by atoms with Crippen molar-refractivity contribution in [2.24, 2.45) is 15.7 Å². The number of hydrogen-bond donors (Lipinski definition) is 2. The van der Waals surface area contributed by atoms with E-state index in [0.717, 1.165) is 22.4 Å². The lowest BCUT2D eigenvalue weighted by Gasteiger charge is -2.26. The Kier molecular flexibility index (Phi) is 5.93. The molecule has 0 heterocycles. The Morgan fingerprint density at radius 1 is 1.08 bits per heavy atom. The van der Waals surface area contributed by atoms with E-state index < -0.39 is 0 Å². The molecule has 0 fully saturated rings. The van der Waals surface area contributed by atoms with Crippen molar-refractivity contribution in [3.05, 3.63) is 64.2 Å². The van der Waals surface area contributed by atoms with Crippen LogP contribution in [0.4, 0.5) is 5.69 Å². The molecule has 2 rings (SSSR count). The molecule has 0 aliphatic carbocycles. The Bertz CT molecular complexity index is 819. The van der Waals surface area contributed by atoms with Gasteiger partial charge in [0.1, 0.15) is 5.84 Å². The zero-order valence-corrected chi connectivity index (χ0v) is 15.6. The number of hydrogen-bond acceptors (Lipinski definition) is 3. The van der Waals surface area contributed by atoms with Crippen LogP contribution in [0.15, 0.2) is 52.4 Å². The normalized spacial score (nSPS) is 12.2. The van der Waals surface area contributed by atoms with Gasteiger partial charge in [-0.05, 0) is 37.6 Å². The van der Waals surface area contributed by atoms with Gasteiger partial charge in [0.2, 0.25) is 5.96 Å². The lowest BCUT2D eigenvalue weighted by atomic mass is 9.98. The highest BCUT2D eigenvalue weighted by Gasteiger charge is 2.20. The molecule has 130 valence electrons. The van der Waals surface area contributed by atoms with E-state index in [9.17, 15) is 0 Å². The van der Waals surface area contributed by atoms with Crippen LogP contribution in [0.1, 0.15) is 23.6 Å². The lowest BCUT2D eigenvalue weighted by molar-refractivity contribution is 1.24. The average Bonchev–Trinajstić information content (AvgIpc) is 2.61. The molecule has 0 saturated carbocycles. The summed E-state index contributed by atoms with van der Waals surface area (Å²) < 4.78 is 0. The minimum Gasteiger partial charge on any atom is -0.369 e. The third-order valence-electron chi connectivity index (χ3n) is 3.90. The van der Waals surface area contributed by atoms with Crippen LogP contribution in [0, 0.1) is 12.3 Å². The van der Waals surface area contributed by atoms with Crippen LogP contribution in [0.25, 0.3) is 0 Å². The van der Waals surface area contributed by atoms with E-state index in [1.54, 1.807) is 31.1 Å². The Morgan fingerprint density at radius 2 is 1.72 bits per heavy atom. The van der Waals surface area contributed by atoms with E-state index >= 15 is 0 Å². The second-order valence-corrected chi connectivity index (χ2v) is 6.03. The van der Waals surface area contributed by atoms with Crippen LogP contribution < -0.4 is 10.6 Å². The largest absolute Gasteiger partial charge is 0.369 e. The summed E-state index contributed by atoms with van der Waals surface area (Å²) in [4.78, 5) is 10.1. The van der Waals surface area contributed by atoms with Crippen molar-refractivity contribution in [1.29, 1.82) is 5.41 Å². The van der Waals surface area contributed by atoms with Gasteiger partial charge in [0, 0.05) is 30.2 Å². The van der Waals surface area contributed by atoms with Gasteiger partial charge in [-0.25, -0.2) is 0 Å². The Balaban J connectivity index is 2.64. The van der Waals surface area contributed by atoms with Gasteiger partial charge in [-0.2, -0.15) is 0 Å². The molecule has 2 aromatic rings. The second-order valence-electron chi connectivity index (χ2n) is 5.59. The van der Waals surface area contributed by atoms with Crippen molar-refractivity contribution in [3.63, 3.8) is 0 Å². The summed E-state index contributed by atoms with van der Waals surface area (Å²) in [5.74, 6) is 1.01. The molecule has 3 N–H and O–H groups in total. The third kappa shape index (κ3) is 4.06. The van der Waals surface area contributed by atoms with Crippen LogP contribution in [-0.4, -0.2) is 31.6 Å². The molecule has 0 saturated heterocycles. The van der Waals surface area contributed by atoms with Gasteiger partial charge in [-0.3, -0.25) is 20.3 Å². The number of aryl methyl sites for hydroxylation is 1. The number of anilines is 1. The molecular formula is C19H22ClN5. The molecule has 0 spiro atoms. The summed E-state index contributed by atoms with van der Waals surface area (Å²) >= 11 is 5.96. The van der Waals surface area contributed by atoms with E-state index in [1.807, 2.05) is 44.2 Å². The first-order valence-electron chi connectivity index (χ1n) is 7.80. The SMILES string of the molecule is CN=C(C)N(C(N)=NC)c1cc(C)ccc1C(=N)c1ccc(Cl)cc1. The molecule has 0 amide bonds. The summed E-state index contributed by atoms with van der Waals surface area (Å²) in [6.45, 7) is 3.85. The molecule has 25 heavy (non-hydrogen) atoms. The van der Waals surface area contributed by atoms with Gasteiger partial charge < -0.3 is 5.73 Å². The molecule has 2 aromatic carbocycles. The van der Waals surface area contributed by atoms with Crippen molar-refractivity contribution in [2.45, 2.75) is 13.8 Å². The van der Waals surface area contributed by atoms with Gasteiger partial charge in [-0.15, -0.1) is 0 Å². The predicted octanol–water partition coefficient (Wildman–Crippen LogP) is 3.86. The minimum atomic E-state index is 0.318. The Labute approximate surface area is 153 Å². The maximum absolute atomic E-state index is 8.65. The number of aliphatic imine (C=N–C) groups is 2. The van der Waals surface area contributed by atoms with Crippen molar-refractivity contribution >= 4 is 34.8 Å². The summed E-state index contributed by atoms with van der Waals surface area (Å²) in [5.41, 5.74) is 9.82. The molecule has 0 atom stereocenters. The van der Waals surface area contributed by atoms with Crippen molar-refractivity contribution in [2.75, 3.05) is 19.0 Å². The standard InChI is InChI=1S/C19H22ClN5/c1-12-5-10-16(18(21)14-6-8-15(20)9-7-14)17(11-12)25(13(2)23-3)19(22)24-4/h5-11,21H,1-4H3,(H2,22,24). The van der Waals surface area contributed by atoms with Gasteiger partial charge >= 0.3 is 0 Å². The highest BCUT2D eigenvalue weighted by molar-refractivity contribution is 6.30. The van der Waals surface area contributed by atoms with Crippen LogP contribution in [0.5, 0.6) is 0 Å². The number of amidine groups is 1. The number of benzene rings is 2. The number of rotatable bonds is 3. The predicted molar refractivity (Wildman–Crippen MR) is 108 cm³/mol. The quantitative estimate of drug-likeness (QED) is 0.647. The van der Waals surface area contributed by atoms with Gasteiger partial charge in [0.05, 0.1) is 11.4 Å². The van der Waals surface area contributed by atoms with Gasteiger partial charge in [0.15, 0.2) is 0 Å². The number of halogens is 1. The molecule has 0 aromatic heterocycles. The fourth-order valence-corrected chi connectivity index (χ4v) is 2.60. The zero-order chi connectivity index (χ0) is 18.6. The first-order chi connectivity index (χ1) is 11.9. The molecule has 0 aliphatic heterocycles. The highest BCUT2D eigenvalue weighted by atomic mass is 35.5. The zero-order valence-electron chi connectivity index (χ0n) is 14.8. The summed E-state index contributed by atoms with van der Waals surface area (Å²) in [7, 11) is 3.33. The highest BCUT2D eigenvalue weighted by Crippen LogP contribution is 2.26. The molecule has 6 heteroatoms. The monoisotopic (exact) mass is 355 g/mol. The van der Waals surface area contributed by atoms with Crippen LogP contribution in [0.2, 0.25) is 5.02 Å². The Morgan fingerprint density at radius 3 is 2.28 bits per heavy atom. The second kappa shape index (κ2) is 7.94. The number of guanidine groups is 1. The maximum Gasteiger partial charge on any atom is 0.201 e. The summed E-state index contributed by atoms with van der Waals surface area (Å²) in [6.07, 6.45) is 0.